The summed E-state index contributed by atoms with van der Waals surface area (Å²) in [6.07, 6.45) is 4.74. The van der Waals surface area contributed by atoms with Gasteiger partial charge in [-0.1, -0.05) is 74.4 Å². The first-order chi connectivity index (χ1) is 14.5. The number of carbonyl (C=O) groups is 1. The molecule has 0 amide bonds. The number of allylic oxidation sites excluding steroid dienone is 1. The second-order valence-corrected chi connectivity index (χ2v) is 9.18. The van der Waals surface area contributed by atoms with E-state index in [0.717, 1.165) is 19.3 Å². The minimum atomic E-state index is -3.96. The number of carbonyl (C=O) groups excluding carboxylic acids is 1. The van der Waals surface area contributed by atoms with E-state index in [2.05, 4.69) is 6.92 Å². The van der Waals surface area contributed by atoms with Gasteiger partial charge >= 0.3 is 13.6 Å². The Morgan fingerprint density at radius 1 is 0.933 bits per heavy atom. The number of cyclic esters (lactones) is 1. The summed E-state index contributed by atoms with van der Waals surface area (Å²) in [4.78, 5) is 13.1. The molecule has 0 bridgehead atoms. The van der Waals surface area contributed by atoms with Gasteiger partial charge in [0.05, 0.1) is 18.8 Å². The van der Waals surface area contributed by atoms with Gasteiger partial charge in [0.15, 0.2) is 0 Å². The molecule has 0 spiro atoms. The molecule has 0 radical (unpaired) electrons. The molecule has 1 aliphatic rings. The number of esters is 1. The summed E-state index contributed by atoms with van der Waals surface area (Å²) in [5.41, 5.74) is 2.38. The standard InChI is InChI=1S/C24H29O5P/c1-4-7-9-18-22-20-16-12-13-17-21(20)23(25)29-24(22,19-14-10-8-11-15-19)30(26,27-5-2)28-6-3/h8,10-18H,4-7,9H2,1-3H3/b22-18+/t24-/m0/s1. The summed E-state index contributed by atoms with van der Waals surface area (Å²) >= 11 is 0. The summed E-state index contributed by atoms with van der Waals surface area (Å²) in [7, 11) is -3.96. The summed E-state index contributed by atoms with van der Waals surface area (Å²) in [5.74, 6) is -0.540. The summed E-state index contributed by atoms with van der Waals surface area (Å²) < 4.78 is 32.0. The van der Waals surface area contributed by atoms with Gasteiger partial charge in [-0.15, -0.1) is 0 Å². The summed E-state index contributed by atoms with van der Waals surface area (Å²) in [6, 6.07) is 16.4. The first-order valence-corrected chi connectivity index (χ1v) is 12.1. The van der Waals surface area contributed by atoms with Gasteiger partial charge in [-0.2, -0.15) is 0 Å². The van der Waals surface area contributed by atoms with Crippen LogP contribution in [0, 0.1) is 0 Å². The number of hydrogen-bond acceptors (Lipinski definition) is 5. The van der Waals surface area contributed by atoms with E-state index in [1.807, 2.05) is 36.4 Å². The second-order valence-electron chi connectivity index (χ2n) is 7.04. The van der Waals surface area contributed by atoms with Gasteiger partial charge in [0.25, 0.3) is 5.34 Å². The Bertz CT molecular complexity index is 943. The highest BCUT2D eigenvalue weighted by atomic mass is 31.2. The van der Waals surface area contributed by atoms with E-state index in [1.54, 1.807) is 38.1 Å². The molecule has 1 heterocycles. The van der Waals surface area contributed by atoms with Gasteiger partial charge in [0.1, 0.15) is 0 Å². The molecule has 6 heteroatoms. The Balaban J connectivity index is 2.37. The van der Waals surface area contributed by atoms with E-state index < -0.39 is 18.9 Å². The molecule has 2 aromatic carbocycles. The van der Waals surface area contributed by atoms with Crippen LogP contribution in [0.2, 0.25) is 0 Å². The van der Waals surface area contributed by atoms with Crippen LogP contribution in [0.5, 0.6) is 0 Å². The van der Waals surface area contributed by atoms with Crippen LogP contribution in [0.3, 0.4) is 0 Å². The zero-order chi connectivity index (χ0) is 21.6. The van der Waals surface area contributed by atoms with Crippen molar-refractivity contribution in [3.63, 3.8) is 0 Å². The van der Waals surface area contributed by atoms with E-state index in [4.69, 9.17) is 13.8 Å². The molecule has 1 aliphatic heterocycles. The van der Waals surface area contributed by atoms with Crippen molar-refractivity contribution in [1.29, 1.82) is 0 Å². The fraction of sp³-hybridized carbons (Fsp3) is 0.375. The summed E-state index contributed by atoms with van der Waals surface area (Å²) in [5, 5.41) is -1.67. The van der Waals surface area contributed by atoms with E-state index in [9.17, 15) is 9.36 Å². The number of unbranched alkanes of at least 4 members (excludes halogenated alkanes) is 2. The average Bonchev–Trinajstić information content (AvgIpc) is 2.76. The molecule has 0 fully saturated rings. The highest BCUT2D eigenvalue weighted by molar-refractivity contribution is 7.55. The largest absolute Gasteiger partial charge is 0.432 e. The Kier molecular flexibility index (Phi) is 7.30. The van der Waals surface area contributed by atoms with Crippen LogP contribution in [-0.4, -0.2) is 19.2 Å². The van der Waals surface area contributed by atoms with Crippen LogP contribution < -0.4 is 0 Å². The highest BCUT2D eigenvalue weighted by Gasteiger charge is 2.61. The number of hydrogen-bond donors (Lipinski definition) is 0. The van der Waals surface area contributed by atoms with Gasteiger partial charge in [0, 0.05) is 11.1 Å². The first kappa shape index (κ1) is 22.5. The maximum Gasteiger partial charge on any atom is 0.383 e. The molecule has 0 N–H and O–H groups in total. The molecule has 0 unspecified atom stereocenters. The van der Waals surface area contributed by atoms with Crippen LogP contribution in [-0.2, 0) is 23.7 Å². The maximum absolute atomic E-state index is 14.3. The van der Waals surface area contributed by atoms with E-state index in [0.29, 0.717) is 22.3 Å². The monoisotopic (exact) mass is 428 g/mol. The lowest BCUT2D eigenvalue weighted by Crippen LogP contribution is -2.39. The van der Waals surface area contributed by atoms with Crippen molar-refractivity contribution in [2.75, 3.05) is 13.2 Å². The SMILES string of the molecule is CCCC/C=C1\c2ccccc2C(=O)O[C@@]1(c1ccccc1)P(=O)(OCC)OCC. The zero-order valence-electron chi connectivity index (χ0n) is 17.8. The molecule has 0 saturated carbocycles. The molecule has 0 aromatic heterocycles. The fourth-order valence-corrected chi connectivity index (χ4v) is 6.11. The van der Waals surface area contributed by atoms with Crippen molar-refractivity contribution in [2.24, 2.45) is 0 Å². The van der Waals surface area contributed by atoms with Gasteiger partial charge in [-0.05, 0) is 31.9 Å². The Labute approximate surface area is 178 Å². The van der Waals surface area contributed by atoms with E-state index in [1.165, 1.54) is 0 Å². The molecular weight excluding hydrogens is 399 g/mol. The number of benzene rings is 2. The first-order valence-electron chi connectivity index (χ1n) is 10.5. The van der Waals surface area contributed by atoms with Crippen molar-refractivity contribution in [2.45, 2.75) is 45.4 Å². The predicted molar refractivity (Wildman–Crippen MR) is 118 cm³/mol. The van der Waals surface area contributed by atoms with Crippen molar-refractivity contribution >= 4 is 19.1 Å². The minimum absolute atomic E-state index is 0.160. The molecule has 3 rings (SSSR count). The molecule has 0 saturated heterocycles. The topological polar surface area (TPSA) is 61.8 Å². The molecule has 1 atom stereocenters. The van der Waals surface area contributed by atoms with Crippen molar-refractivity contribution in [3.8, 4) is 0 Å². The highest BCUT2D eigenvalue weighted by Crippen LogP contribution is 2.71. The molecular formula is C24H29O5P. The van der Waals surface area contributed by atoms with Gasteiger partial charge in [-0.25, -0.2) is 4.79 Å². The van der Waals surface area contributed by atoms with Crippen molar-refractivity contribution < 1.29 is 23.1 Å². The normalized spacial score (nSPS) is 20.1. The maximum atomic E-state index is 14.3. The van der Waals surface area contributed by atoms with Crippen LogP contribution in [0.1, 0.15) is 61.5 Å². The molecule has 0 aliphatic carbocycles. The van der Waals surface area contributed by atoms with Gasteiger partial charge < -0.3 is 13.8 Å². The molecule has 30 heavy (non-hydrogen) atoms. The van der Waals surface area contributed by atoms with Crippen LogP contribution in [0.15, 0.2) is 60.7 Å². The van der Waals surface area contributed by atoms with Crippen molar-refractivity contribution in [3.05, 3.63) is 77.4 Å². The third kappa shape index (κ3) is 3.90. The molecule has 160 valence electrons. The average molecular weight is 428 g/mol. The molecule has 5 nitrogen and oxygen atoms in total. The second kappa shape index (κ2) is 9.74. The Hall–Kier alpha value is -2.20. The van der Waals surface area contributed by atoms with E-state index >= 15 is 0 Å². The number of fused-ring (bicyclic) bond motifs is 1. The zero-order valence-corrected chi connectivity index (χ0v) is 18.7. The summed E-state index contributed by atoms with van der Waals surface area (Å²) in [6.45, 7) is 5.94. The Morgan fingerprint density at radius 3 is 2.13 bits per heavy atom. The quantitative estimate of drug-likeness (QED) is 0.257. The number of rotatable bonds is 9. The lowest BCUT2D eigenvalue weighted by Gasteiger charge is -2.43. The van der Waals surface area contributed by atoms with Crippen LogP contribution in [0.4, 0.5) is 0 Å². The van der Waals surface area contributed by atoms with E-state index in [-0.39, 0.29) is 13.2 Å². The third-order valence-electron chi connectivity index (χ3n) is 5.10. The van der Waals surface area contributed by atoms with Crippen molar-refractivity contribution in [1.82, 2.24) is 0 Å². The smallest absolute Gasteiger partial charge is 0.383 e. The fourth-order valence-electron chi connectivity index (χ4n) is 3.82. The number of ether oxygens (including phenoxy) is 1. The minimum Gasteiger partial charge on any atom is -0.432 e. The lowest BCUT2D eigenvalue weighted by atomic mass is 9.87. The predicted octanol–water partition coefficient (Wildman–Crippen LogP) is 6.55. The molecule has 2 aromatic rings. The van der Waals surface area contributed by atoms with Crippen LogP contribution >= 0.6 is 7.60 Å². The van der Waals surface area contributed by atoms with Gasteiger partial charge in [0.2, 0.25) is 0 Å². The Morgan fingerprint density at radius 2 is 1.53 bits per heavy atom. The van der Waals surface area contributed by atoms with Crippen LogP contribution in [0.25, 0.3) is 5.57 Å². The lowest BCUT2D eigenvalue weighted by molar-refractivity contribution is 0.0164. The third-order valence-corrected chi connectivity index (χ3v) is 7.66. The van der Waals surface area contributed by atoms with Gasteiger partial charge in [-0.3, -0.25) is 4.57 Å².